The molecule has 1 atom stereocenters. The molecule has 0 aliphatic carbocycles. The van der Waals surface area contributed by atoms with E-state index in [-0.39, 0.29) is 17.5 Å². The van der Waals surface area contributed by atoms with Crippen LogP contribution in [0, 0.1) is 6.92 Å². The molecule has 3 rings (SSSR count). The number of hydrogen-bond donors (Lipinski definition) is 1. The zero-order valence-electron chi connectivity index (χ0n) is 11.9. The Bertz CT molecular complexity index is 725. The van der Waals surface area contributed by atoms with E-state index in [1.165, 1.54) is 0 Å². The summed E-state index contributed by atoms with van der Waals surface area (Å²) in [5.74, 6) is 1.96. The topological polar surface area (TPSA) is 76.9 Å². The first kappa shape index (κ1) is 14.2. The van der Waals surface area contributed by atoms with Gasteiger partial charge in [-0.05, 0) is 19.1 Å². The lowest BCUT2D eigenvalue weighted by molar-refractivity contribution is 0.506. The molecule has 1 unspecified atom stereocenters. The maximum absolute atomic E-state index is 11.7. The van der Waals surface area contributed by atoms with Crippen LogP contribution in [0.15, 0.2) is 30.3 Å². The summed E-state index contributed by atoms with van der Waals surface area (Å²) in [4.78, 5) is 0. The summed E-state index contributed by atoms with van der Waals surface area (Å²) in [5.41, 5.74) is 0.994. The number of nitrogens with one attached hydrogen (secondary N) is 1. The predicted octanol–water partition coefficient (Wildman–Crippen LogP) is 0.505. The molecule has 0 radical (unpaired) electrons. The first-order valence-electron chi connectivity index (χ1n) is 6.95. The summed E-state index contributed by atoms with van der Waals surface area (Å²) in [6, 6.07) is 9.76. The molecule has 0 bridgehead atoms. The quantitative estimate of drug-likeness (QED) is 0.894. The Hall–Kier alpha value is -1.73. The molecule has 1 N–H and O–H groups in total. The second-order valence-electron chi connectivity index (χ2n) is 5.30. The summed E-state index contributed by atoms with van der Waals surface area (Å²) in [5, 5.41) is 11.6. The van der Waals surface area contributed by atoms with E-state index in [4.69, 9.17) is 0 Å². The van der Waals surface area contributed by atoms with E-state index in [9.17, 15) is 8.42 Å². The van der Waals surface area contributed by atoms with E-state index in [2.05, 4.69) is 15.5 Å². The number of aromatic nitrogens is 3. The monoisotopic (exact) mass is 306 g/mol. The Morgan fingerprint density at radius 2 is 2.05 bits per heavy atom. The van der Waals surface area contributed by atoms with Crippen LogP contribution in [0.2, 0.25) is 0 Å². The molecule has 112 valence electrons. The highest BCUT2D eigenvalue weighted by molar-refractivity contribution is 7.91. The van der Waals surface area contributed by atoms with Gasteiger partial charge in [0.25, 0.3) is 0 Å². The van der Waals surface area contributed by atoms with Crippen molar-refractivity contribution in [1.82, 2.24) is 20.1 Å². The lowest BCUT2D eigenvalue weighted by atomic mass is 10.2. The number of sulfone groups is 1. The van der Waals surface area contributed by atoms with Gasteiger partial charge in [-0.25, -0.2) is 8.42 Å². The van der Waals surface area contributed by atoms with Crippen LogP contribution in [0.25, 0.3) is 5.69 Å². The molecule has 0 amide bonds. The molecule has 1 aliphatic rings. The van der Waals surface area contributed by atoms with E-state index in [0.29, 0.717) is 13.0 Å². The molecule has 1 aliphatic heterocycles. The van der Waals surface area contributed by atoms with Crippen molar-refractivity contribution in [2.45, 2.75) is 19.4 Å². The third-order valence-corrected chi connectivity index (χ3v) is 5.37. The van der Waals surface area contributed by atoms with Gasteiger partial charge in [-0.3, -0.25) is 4.57 Å². The van der Waals surface area contributed by atoms with E-state index in [1.807, 2.05) is 41.8 Å². The molecule has 6 nitrogen and oxygen atoms in total. The smallest absolute Gasteiger partial charge is 0.153 e. The molecule has 2 aromatic rings. The SMILES string of the molecule is Cc1nnc(CC2CS(=O)(=O)CCN2)n1-c1ccccc1. The van der Waals surface area contributed by atoms with E-state index < -0.39 is 9.84 Å². The van der Waals surface area contributed by atoms with Crippen molar-refractivity contribution in [3.8, 4) is 5.69 Å². The fourth-order valence-corrected chi connectivity index (χ4v) is 4.11. The minimum Gasteiger partial charge on any atom is -0.312 e. The van der Waals surface area contributed by atoms with Crippen molar-refractivity contribution < 1.29 is 8.42 Å². The second kappa shape index (κ2) is 5.57. The standard InChI is InChI=1S/C14H18N4O2S/c1-11-16-17-14(18(11)13-5-3-2-4-6-13)9-12-10-21(19,20)8-7-15-12/h2-6,12,15H,7-10H2,1H3. The highest BCUT2D eigenvalue weighted by Gasteiger charge is 2.26. The van der Waals surface area contributed by atoms with Crippen LogP contribution in [-0.4, -0.2) is 47.3 Å². The fourth-order valence-electron chi connectivity index (χ4n) is 2.67. The second-order valence-corrected chi connectivity index (χ2v) is 7.53. The van der Waals surface area contributed by atoms with Crippen molar-refractivity contribution in [2.75, 3.05) is 18.1 Å². The molecule has 2 heterocycles. The molecular weight excluding hydrogens is 288 g/mol. The van der Waals surface area contributed by atoms with Gasteiger partial charge in [-0.1, -0.05) is 18.2 Å². The van der Waals surface area contributed by atoms with Crippen LogP contribution < -0.4 is 5.32 Å². The van der Waals surface area contributed by atoms with Gasteiger partial charge < -0.3 is 5.32 Å². The number of benzene rings is 1. The van der Waals surface area contributed by atoms with Gasteiger partial charge in [0.15, 0.2) is 9.84 Å². The first-order chi connectivity index (χ1) is 10.1. The minimum atomic E-state index is -2.94. The van der Waals surface area contributed by atoms with Crippen molar-refractivity contribution in [2.24, 2.45) is 0 Å². The summed E-state index contributed by atoms with van der Waals surface area (Å²) in [7, 11) is -2.94. The van der Waals surface area contributed by atoms with Crippen molar-refractivity contribution in [3.05, 3.63) is 42.0 Å². The number of rotatable bonds is 3. The van der Waals surface area contributed by atoms with Crippen LogP contribution in [0.5, 0.6) is 0 Å². The molecule has 0 saturated carbocycles. The molecular formula is C14H18N4O2S. The third-order valence-electron chi connectivity index (χ3n) is 3.64. The molecule has 21 heavy (non-hydrogen) atoms. The summed E-state index contributed by atoms with van der Waals surface area (Å²) in [6.07, 6.45) is 0.551. The number of nitrogens with zero attached hydrogens (tertiary/aromatic N) is 3. The molecule has 1 aromatic heterocycles. The average molecular weight is 306 g/mol. The van der Waals surface area contributed by atoms with E-state index in [0.717, 1.165) is 17.3 Å². The lowest BCUT2D eigenvalue weighted by Crippen LogP contribution is -2.46. The Labute approximate surface area is 124 Å². The number of para-hydroxylation sites is 1. The highest BCUT2D eigenvalue weighted by atomic mass is 32.2. The Morgan fingerprint density at radius 1 is 1.29 bits per heavy atom. The zero-order chi connectivity index (χ0) is 14.9. The molecule has 7 heteroatoms. The maximum Gasteiger partial charge on any atom is 0.153 e. The lowest BCUT2D eigenvalue weighted by Gasteiger charge is -2.23. The van der Waals surface area contributed by atoms with Crippen LogP contribution in [0.4, 0.5) is 0 Å². The predicted molar refractivity (Wildman–Crippen MR) is 80.2 cm³/mol. The average Bonchev–Trinajstić information content (AvgIpc) is 2.79. The van der Waals surface area contributed by atoms with Gasteiger partial charge in [0.2, 0.25) is 0 Å². The third kappa shape index (κ3) is 3.14. The summed E-state index contributed by atoms with van der Waals surface area (Å²) < 4.78 is 25.4. The van der Waals surface area contributed by atoms with Gasteiger partial charge in [0, 0.05) is 24.7 Å². The minimum absolute atomic E-state index is 0.102. The van der Waals surface area contributed by atoms with Crippen LogP contribution in [0.1, 0.15) is 11.6 Å². The Kier molecular flexibility index (Phi) is 3.77. The molecule has 1 saturated heterocycles. The van der Waals surface area contributed by atoms with Gasteiger partial charge in [-0.2, -0.15) is 0 Å². The van der Waals surface area contributed by atoms with Gasteiger partial charge in [-0.15, -0.1) is 10.2 Å². The number of aryl methyl sites for hydroxylation is 1. The largest absolute Gasteiger partial charge is 0.312 e. The zero-order valence-corrected chi connectivity index (χ0v) is 12.7. The molecule has 0 spiro atoms. The first-order valence-corrected chi connectivity index (χ1v) is 8.77. The van der Waals surface area contributed by atoms with Crippen LogP contribution in [0.3, 0.4) is 0 Å². The van der Waals surface area contributed by atoms with Gasteiger partial charge >= 0.3 is 0 Å². The Balaban J connectivity index is 1.87. The highest BCUT2D eigenvalue weighted by Crippen LogP contribution is 2.15. The van der Waals surface area contributed by atoms with Crippen molar-refractivity contribution in [3.63, 3.8) is 0 Å². The maximum atomic E-state index is 11.7. The van der Waals surface area contributed by atoms with Gasteiger partial charge in [0.1, 0.15) is 11.6 Å². The molecule has 1 fully saturated rings. The Morgan fingerprint density at radius 3 is 2.76 bits per heavy atom. The number of hydrogen-bond acceptors (Lipinski definition) is 5. The van der Waals surface area contributed by atoms with Gasteiger partial charge in [0.05, 0.1) is 11.5 Å². The summed E-state index contributed by atoms with van der Waals surface area (Å²) in [6.45, 7) is 2.40. The van der Waals surface area contributed by atoms with Crippen LogP contribution in [-0.2, 0) is 16.3 Å². The van der Waals surface area contributed by atoms with Crippen LogP contribution >= 0.6 is 0 Å². The normalized spacial score (nSPS) is 21.3. The van der Waals surface area contributed by atoms with E-state index in [1.54, 1.807) is 0 Å². The molecule has 1 aromatic carbocycles. The van der Waals surface area contributed by atoms with E-state index >= 15 is 0 Å². The van der Waals surface area contributed by atoms with Crippen molar-refractivity contribution in [1.29, 1.82) is 0 Å². The fraction of sp³-hybridized carbons (Fsp3) is 0.429. The van der Waals surface area contributed by atoms with Crippen molar-refractivity contribution >= 4 is 9.84 Å². The summed E-state index contributed by atoms with van der Waals surface area (Å²) >= 11 is 0.